The maximum absolute atomic E-state index is 12.8. The van der Waals surface area contributed by atoms with Crippen LogP contribution in [-0.2, 0) is 16.2 Å². The van der Waals surface area contributed by atoms with E-state index in [0.717, 1.165) is 36.8 Å². The van der Waals surface area contributed by atoms with Crippen LogP contribution in [0.3, 0.4) is 0 Å². The Morgan fingerprint density at radius 3 is 2.08 bits per heavy atom. The van der Waals surface area contributed by atoms with Gasteiger partial charge in [-0.05, 0) is 67.3 Å². The molecule has 0 unspecified atom stereocenters. The van der Waals surface area contributed by atoms with Gasteiger partial charge in [0.05, 0.1) is 23.2 Å². The first-order valence-electron chi connectivity index (χ1n) is 12.6. The lowest BCUT2D eigenvalue weighted by Crippen LogP contribution is -2.30. The number of amides is 3. The Morgan fingerprint density at radius 1 is 0.865 bits per heavy atom. The summed E-state index contributed by atoms with van der Waals surface area (Å²) in [6.45, 7) is 2.24. The number of rotatable bonds is 7. The van der Waals surface area contributed by atoms with Crippen LogP contribution in [-0.4, -0.2) is 23.4 Å². The van der Waals surface area contributed by atoms with Gasteiger partial charge in [-0.1, -0.05) is 55.3 Å². The molecule has 37 heavy (non-hydrogen) atoms. The van der Waals surface area contributed by atoms with Crippen LogP contribution >= 0.6 is 0 Å². The van der Waals surface area contributed by atoms with Crippen molar-refractivity contribution in [1.29, 1.82) is 0 Å². The van der Waals surface area contributed by atoms with Crippen LogP contribution < -0.4 is 15.1 Å². The highest BCUT2D eigenvalue weighted by Crippen LogP contribution is 2.40. The summed E-state index contributed by atoms with van der Waals surface area (Å²) < 4.78 is 5.77. The molecule has 1 heterocycles. The highest BCUT2D eigenvalue weighted by Gasteiger charge is 2.48. The Hall–Kier alpha value is -4.26. The minimum Gasteiger partial charge on any atom is -0.489 e. The van der Waals surface area contributed by atoms with Gasteiger partial charge in [-0.3, -0.25) is 19.3 Å². The van der Waals surface area contributed by atoms with Crippen molar-refractivity contribution >= 4 is 29.1 Å². The molecule has 1 aliphatic carbocycles. The highest BCUT2D eigenvalue weighted by molar-refractivity contribution is 6.22. The Bertz CT molecular complexity index is 1290. The predicted molar refractivity (Wildman–Crippen MR) is 141 cm³/mol. The van der Waals surface area contributed by atoms with Crippen LogP contribution in [0, 0.1) is 11.8 Å². The lowest BCUT2D eigenvalue weighted by atomic mass is 9.81. The van der Waals surface area contributed by atoms with E-state index in [0.29, 0.717) is 29.3 Å². The fraction of sp³-hybridized carbons (Fsp3) is 0.267. The smallest absolute Gasteiger partial charge is 0.271 e. The zero-order valence-electron chi connectivity index (χ0n) is 20.7. The number of nitrogens with zero attached hydrogens (tertiary/aromatic N) is 2. The van der Waals surface area contributed by atoms with Gasteiger partial charge in [-0.25, -0.2) is 5.43 Å². The third-order valence-electron chi connectivity index (χ3n) is 7.07. The predicted octanol–water partition coefficient (Wildman–Crippen LogP) is 5.10. The molecule has 0 bridgehead atoms. The molecule has 3 aromatic rings. The van der Waals surface area contributed by atoms with Gasteiger partial charge in [-0.15, -0.1) is 0 Å². The topological polar surface area (TPSA) is 88.1 Å². The average molecular weight is 496 g/mol. The second kappa shape index (κ2) is 10.8. The number of benzene rings is 3. The first-order valence-corrected chi connectivity index (χ1v) is 12.6. The Balaban J connectivity index is 1.18. The SMILES string of the molecule is C/C(=N/NC(=O)c1ccc(OCc2ccccc2)cc1)c1ccc(N2C(=O)[C@H]3CCCC[C@H]3C2=O)cc1. The minimum atomic E-state index is -0.332. The summed E-state index contributed by atoms with van der Waals surface area (Å²) in [4.78, 5) is 39.6. The van der Waals surface area contributed by atoms with E-state index in [9.17, 15) is 14.4 Å². The van der Waals surface area contributed by atoms with Gasteiger partial charge >= 0.3 is 0 Å². The maximum Gasteiger partial charge on any atom is 0.271 e. The standard InChI is InChI=1S/C30H29N3O4/c1-20(22-11-15-24(16-12-22)33-29(35)26-9-5-6-10-27(26)30(33)36)31-32-28(34)23-13-17-25(18-14-23)37-19-21-7-3-2-4-8-21/h2-4,7-8,11-18,26-27H,5-6,9-10,19H2,1H3,(H,32,34)/b31-20-/t26-,27+. The van der Waals surface area contributed by atoms with Crippen molar-refractivity contribution in [3.8, 4) is 5.75 Å². The molecule has 2 atom stereocenters. The largest absolute Gasteiger partial charge is 0.489 e. The van der Waals surface area contributed by atoms with Crippen LogP contribution in [0.25, 0.3) is 0 Å². The average Bonchev–Trinajstić information content (AvgIpc) is 3.21. The van der Waals surface area contributed by atoms with E-state index in [1.807, 2.05) is 42.5 Å². The van der Waals surface area contributed by atoms with Crippen LogP contribution in [0.2, 0.25) is 0 Å². The number of hydrogen-bond acceptors (Lipinski definition) is 5. The van der Waals surface area contributed by atoms with E-state index in [1.165, 1.54) is 4.90 Å². The van der Waals surface area contributed by atoms with Gasteiger partial charge in [0.1, 0.15) is 12.4 Å². The lowest BCUT2D eigenvalue weighted by Gasteiger charge is -2.19. The number of hydrazone groups is 1. The molecule has 1 aliphatic heterocycles. The monoisotopic (exact) mass is 495 g/mol. The van der Waals surface area contributed by atoms with Crippen molar-refractivity contribution in [2.75, 3.05) is 4.90 Å². The molecule has 2 aliphatic rings. The first kappa shape index (κ1) is 24.4. The number of hydrogen-bond donors (Lipinski definition) is 1. The quantitative estimate of drug-likeness (QED) is 0.281. The number of anilines is 1. The van der Waals surface area contributed by atoms with Crippen molar-refractivity contribution in [1.82, 2.24) is 5.43 Å². The molecule has 0 radical (unpaired) electrons. The Labute approximate surface area is 216 Å². The first-order chi connectivity index (χ1) is 18.0. The molecule has 1 saturated heterocycles. The number of carbonyl (C=O) groups is 3. The summed E-state index contributed by atoms with van der Waals surface area (Å²) in [5, 5.41) is 4.22. The number of carbonyl (C=O) groups excluding carboxylic acids is 3. The molecule has 3 amide bonds. The molecule has 1 N–H and O–H groups in total. The zero-order chi connectivity index (χ0) is 25.8. The van der Waals surface area contributed by atoms with Gasteiger partial charge in [0.2, 0.25) is 11.8 Å². The van der Waals surface area contributed by atoms with Gasteiger partial charge in [0.25, 0.3) is 5.91 Å². The normalized spacial score (nSPS) is 19.5. The summed E-state index contributed by atoms with van der Waals surface area (Å²) in [6, 6.07) is 23.9. The summed E-state index contributed by atoms with van der Waals surface area (Å²) in [5.41, 5.74) is 6.09. The molecule has 7 nitrogen and oxygen atoms in total. The van der Waals surface area contributed by atoms with E-state index < -0.39 is 0 Å². The van der Waals surface area contributed by atoms with E-state index in [2.05, 4.69) is 10.5 Å². The van der Waals surface area contributed by atoms with Crippen LogP contribution in [0.1, 0.15) is 54.1 Å². The fourth-order valence-electron chi connectivity index (χ4n) is 4.98. The Morgan fingerprint density at radius 2 is 1.46 bits per heavy atom. The zero-order valence-corrected chi connectivity index (χ0v) is 20.7. The molecular weight excluding hydrogens is 466 g/mol. The molecule has 2 fully saturated rings. The van der Waals surface area contributed by atoms with E-state index >= 15 is 0 Å². The van der Waals surface area contributed by atoms with Gasteiger partial charge in [0, 0.05) is 5.56 Å². The molecule has 5 rings (SSSR count). The summed E-state index contributed by atoms with van der Waals surface area (Å²) >= 11 is 0. The van der Waals surface area contributed by atoms with Crippen molar-refractivity contribution in [2.45, 2.75) is 39.2 Å². The van der Waals surface area contributed by atoms with Gasteiger partial charge in [-0.2, -0.15) is 5.10 Å². The van der Waals surface area contributed by atoms with E-state index in [1.54, 1.807) is 43.3 Å². The van der Waals surface area contributed by atoms with Crippen molar-refractivity contribution in [2.24, 2.45) is 16.9 Å². The second-order valence-corrected chi connectivity index (χ2v) is 9.49. The summed E-state index contributed by atoms with van der Waals surface area (Å²) in [6.07, 6.45) is 3.58. The van der Waals surface area contributed by atoms with E-state index in [4.69, 9.17) is 4.74 Å². The van der Waals surface area contributed by atoms with Gasteiger partial charge < -0.3 is 4.74 Å². The highest BCUT2D eigenvalue weighted by atomic mass is 16.5. The van der Waals surface area contributed by atoms with Crippen LogP contribution in [0.4, 0.5) is 5.69 Å². The third-order valence-corrected chi connectivity index (χ3v) is 7.07. The number of fused-ring (bicyclic) bond motifs is 1. The molecule has 7 heteroatoms. The lowest BCUT2D eigenvalue weighted by molar-refractivity contribution is -0.122. The summed E-state index contributed by atoms with van der Waals surface area (Å²) in [7, 11) is 0. The fourth-order valence-corrected chi connectivity index (χ4v) is 4.98. The third kappa shape index (κ3) is 5.31. The van der Waals surface area contributed by atoms with Crippen molar-refractivity contribution in [3.63, 3.8) is 0 Å². The number of ether oxygens (including phenoxy) is 1. The molecule has 0 aromatic heterocycles. The molecule has 3 aromatic carbocycles. The minimum absolute atomic E-state index is 0.0865. The maximum atomic E-state index is 12.8. The summed E-state index contributed by atoms with van der Waals surface area (Å²) in [5.74, 6) is -0.183. The number of imide groups is 1. The van der Waals surface area contributed by atoms with Crippen molar-refractivity contribution in [3.05, 3.63) is 95.6 Å². The molecule has 1 saturated carbocycles. The van der Waals surface area contributed by atoms with Gasteiger partial charge in [0.15, 0.2) is 0 Å². The molecule has 0 spiro atoms. The second-order valence-electron chi connectivity index (χ2n) is 9.49. The molecule has 188 valence electrons. The number of nitrogens with one attached hydrogen (secondary N) is 1. The molecular formula is C30H29N3O4. The van der Waals surface area contributed by atoms with E-state index in [-0.39, 0.29) is 29.6 Å². The van der Waals surface area contributed by atoms with Crippen molar-refractivity contribution < 1.29 is 19.1 Å². The van der Waals surface area contributed by atoms with Crippen LogP contribution in [0.5, 0.6) is 5.75 Å². The van der Waals surface area contributed by atoms with Crippen LogP contribution in [0.15, 0.2) is 84.0 Å². The Kier molecular flexibility index (Phi) is 7.12.